The molecule has 0 aromatic carbocycles. The van der Waals surface area contributed by atoms with Gasteiger partial charge in [0.05, 0.1) is 0 Å². The summed E-state index contributed by atoms with van der Waals surface area (Å²) in [6, 6.07) is 0.791. The summed E-state index contributed by atoms with van der Waals surface area (Å²) in [6.07, 6.45) is 10.1. The van der Waals surface area contributed by atoms with Crippen LogP contribution in [0.25, 0.3) is 0 Å². The predicted molar refractivity (Wildman–Crippen MR) is 88.9 cm³/mol. The van der Waals surface area contributed by atoms with Gasteiger partial charge in [0.15, 0.2) is 0 Å². The van der Waals surface area contributed by atoms with Gasteiger partial charge in [0.2, 0.25) is 0 Å². The molecular formula is C19H37N. The molecule has 0 radical (unpaired) electrons. The molecule has 0 bridgehead atoms. The Morgan fingerprint density at radius 2 is 1.55 bits per heavy atom. The van der Waals surface area contributed by atoms with E-state index in [0.717, 1.165) is 29.7 Å². The smallest absolute Gasteiger partial charge is 0.00953 e. The largest absolute Gasteiger partial charge is 0.313 e. The van der Waals surface area contributed by atoms with E-state index < -0.39 is 0 Å². The van der Waals surface area contributed by atoms with Crippen molar-refractivity contribution in [3.63, 3.8) is 0 Å². The molecule has 2 saturated carbocycles. The first-order chi connectivity index (χ1) is 9.38. The molecule has 2 aliphatic carbocycles. The molecule has 0 saturated heterocycles. The quantitative estimate of drug-likeness (QED) is 0.743. The lowest BCUT2D eigenvalue weighted by Crippen LogP contribution is -2.43. The van der Waals surface area contributed by atoms with Crippen LogP contribution in [0.15, 0.2) is 0 Å². The van der Waals surface area contributed by atoms with Gasteiger partial charge in [-0.1, -0.05) is 47.5 Å². The van der Waals surface area contributed by atoms with Gasteiger partial charge in [0, 0.05) is 6.04 Å². The molecule has 0 aromatic heterocycles. The number of hydrogen-bond acceptors (Lipinski definition) is 1. The summed E-state index contributed by atoms with van der Waals surface area (Å²) in [5.41, 5.74) is 0.520. The Hall–Kier alpha value is -0.0400. The molecule has 3 atom stereocenters. The normalized spacial score (nSPS) is 39.8. The van der Waals surface area contributed by atoms with Gasteiger partial charge in [-0.2, -0.15) is 0 Å². The van der Waals surface area contributed by atoms with Crippen LogP contribution in [-0.4, -0.2) is 12.6 Å². The molecule has 1 nitrogen and oxygen atoms in total. The van der Waals surface area contributed by atoms with Crippen LogP contribution in [0.3, 0.4) is 0 Å². The van der Waals surface area contributed by atoms with Gasteiger partial charge in [0.25, 0.3) is 0 Å². The van der Waals surface area contributed by atoms with Gasteiger partial charge < -0.3 is 5.32 Å². The van der Waals surface area contributed by atoms with E-state index in [2.05, 4.69) is 39.9 Å². The van der Waals surface area contributed by atoms with Crippen LogP contribution in [-0.2, 0) is 0 Å². The molecule has 0 aliphatic heterocycles. The summed E-state index contributed by atoms with van der Waals surface area (Å²) in [7, 11) is 0. The van der Waals surface area contributed by atoms with Crippen molar-refractivity contribution in [2.45, 2.75) is 85.6 Å². The van der Waals surface area contributed by atoms with E-state index >= 15 is 0 Å². The Kier molecular flexibility index (Phi) is 5.56. The molecule has 2 aliphatic rings. The van der Waals surface area contributed by atoms with Gasteiger partial charge in [-0.05, 0) is 67.7 Å². The SMILES string of the molecule is CC1CCCC(NCC2CCC(C(C)(C)C)CC2)C1C. The molecule has 3 unspecified atom stereocenters. The molecule has 1 heteroatoms. The third kappa shape index (κ3) is 4.23. The Labute approximate surface area is 127 Å². The average molecular weight is 280 g/mol. The number of rotatable bonds is 3. The van der Waals surface area contributed by atoms with E-state index in [9.17, 15) is 0 Å². The van der Waals surface area contributed by atoms with E-state index in [4.69, 9.17) is 0 Å². The van der Waals surface area contributed by atoms with Crippen LogP contribution in [0.2, 0.25) is 0 Å². The zero-order valence-corrected chi connectivity index (χ0v) is 14.5. The van der Waals surface area contributed by atoms with Gasteiger partial charge in [-0.15, -0.1) is 0 Å². The third-order valence-electron chi connectivity index (χ3n) is 6.45. The first-order valence-electron chi connectivity index (χ1n) is 9.11. The van der Waals surface area contributed by atoms with Gasteiger partial charge in [0.1, 0.15) is 0 Å². The Morgan fingerprint density at radius 3 is 2.15 bits per heavy atom. The van der Waals surface area contributed by atoms with E-state index in [1.807, 2.05) is 0 Å². The molecule has 2 rings (SSSR count). The number of nitrogens with one attached hydrogen (secondary N) is 1. The molecule has 118 valence electrons. The van der Waals surface area contributed by atoms with Crippen molar-refractivity contribution >= 4 is 0 Å². The zero-order chi connectivity index (χ0) is 14.8. The molecule has 20 heavy (non-hydrogen) atoms. The van der Waals surface area contributed by atoms with Crippen molar-refractivity contribution < 1.29 is 0 Å². The van der Waals surface area contributed by atoms with E-state index in [1.165, 1.54) is 51.5 Å². The van der Waals surface area contributed by atoms with Gasteiger partial charge in [-0.3, -0.25) is 0 Å². The molecule has 0 heterocycles. The fraction of sp³-hybridized carbons (Fsp3) is 1.00. The highest BCUT2D eigenvalue weighted by Gasteiger charge is 2.31. The predicted octanol–water partition coefficient (Wildman–Crippen LogP) is 5.25. The molecule has 0 aromatic rings. The first-order valence-corrected chi connectivity index (χ1v) is 9.11. The summed E-state index contributed by atoms with van der Waals surface area (Å²) in [5, 5.41) is 3.93. The summed E-state index contributed by atoms with van der Waals surface area (Å²) in [4.78, 5) is 0. The van der Waals surface area contributed by atoms with Gasteiger partial charge >= 0.3 is 0 Å². The molecule has 1 N–H and O–H groups in total. The van der Waals surface area contributed by atoms with E-state index in [-0.39, 0.29) is 0 Å². The Balaban J connectivity index is 1.71. The maximum absolute atomic E-state index is 3.93. The van der Waals surface area contributed by atoms with Crippen LogP contribution in [0.1, 0.15) is 79.6 Å². The minimum Gasteiger partial charge on any atom is -0.313 e. The highest BCUT2D eigenvalue weighted by molar-refractivity contribution is 4.85. The fourth-order valence-corrected chi connectivity index (χ4v) is 4.42. The van der Waals surface area contributed by atoms with Crippen molar-refractivity contribution in [2.24, 2.45) is 29.1 Å². The number of hydrogen-bond donors (Lipinski definition) is 1. The zero-order valence-electron chi connectivity index (χ0n) is 14.5. The lowest BCUT2D eigenvalue weighted by atomic mass is 9.69. The lowest BCUT2D eigenvalue weighted by molar-refractivity contribution is 0.140. The fourth-order valence-electron chi connectivity index (χ4n) is 4.42. The maximum atomic E-state index is 3.93. The van der Waals surface area contributed by atoms with Crippen molar-refractivity contribution in [3.8, 4) is 0 Å². The van der Waals surface area contributed by atoms with Crippen molar-refractivity contribution in [2.75, 3.05) is 6.54 Å². The van der Waals surface area contributed by atoms with E-state index in [1.54, 1.807) is 0 Å². The van der Waals surface area contributed by atoms with Crippen molar-refractivity contribution in [1.82, 2.24) is 5.32 Å². The summed E-state index contributed by atoms with van der Waals surface area (Å²) in [5.74, 6) is 3.68. The summed E-state index contributed by atoms with van der Waals surface area (Å²) < 4.78 is 0. The minimum atomic E-state index is 0.520. The first kappa shape index (κ1) is 16.3. The summed E-state index contributed by atoms with van der Waals surface area (Å²) >= 11 is 0. The molecular weight excluding hydrogens is 242 g/mol. The average Bonchev–Trinajstić information content (AvgIpc) is 2.40. The standard InChI is InChI=1S/C19H37N/c1-14-7-6-8-18(15(14)2)20-13-16-9-11-17(12-10-16)19(3,4)5/h14-18,20H,6-13H2,1-5H3. The minimum absolute atomic E-state index is 0.520. The lowest BCUT2D eigenvalue weighted by Gasteiger charge is -2.39. The second-order valence-corrected chi connectivity index (χ2v) is 8.87. The van der Waals surface area contributed by atoms with Crippen molar-refractivity contribution in [1.29, 1.82) is 0 Å². The summed E-state index contributed by atoms with van der Waals surface area (Å²) in [6.45, 7) is 13.4. The molecule has 0 spiro atoms. The van der Waals surface area contributed by atoms with Crippen LogP contribution in [0.5, 0.6) is 0 Å². The molecule has 0 amide bonds. The second kappa shape index (κ2) is 6.81. The van der Waals surface area contributed by atoms with Crippen molar-refractivity contribution in [3.05, 3.63) is 0 Å². The highest BCUT2D eigenvalue weighted by Crippen LogP contribution is 2.39. The Morgan fingerprint density at radius 1 is 0.900 bits per heavy atom. The monoisotopic (exact) mass is 279 g/mol. The van der Waals surface area contributed by atoms with Crippen LogP contribution in [0, 0.1) is 29.1 Å². The Bertz CT molecular complexity index is 283. The molecule has 2 fully saturated rings. The highest BCUT2D eigenvalue weighted by atomic mass is 14.9. The topological polar surface area (TPSA) is 12.0 Å². The van der Waals surface area contributed by atoms with E-state index in [0.29, 0.717) is 5.41 Å². The van der Waals surface area contributed by atoms with Crippen LogP contribution >= 0.6 is 0 Å². The van der Waals surface area contributed by atoms with Crippen LogP contribution in [0.4, 0.5) is 0 Å². The third-order valence-corrected chi connectivity index (χ3v) is 6.45. The second-order valence-electron chi connectivity index (χ2n) is 8.87. The maximum Gasteiger partial charge on any atom is 0.00953 e. The van der Waals surface area contributed by atoms with Crippen LogP contribution < -0.4 is 5.32 Å². The van der Waals surface area contributed by atoms with Gasteiger partial charge in [-0.25, -0.2) is 0 Å².